The van der Waals surface area contributed by atoms with Crippen molar-refractivity contribution < 1.29 is 19.1 Å². The fourth-order valence-corrected chi connectivity index (χ4v) is 2.46. The van der Waals surface area contributed by atoms with Gasteiger partial charge in [-0.25, -0.2) is 0 Å². The Hall–Kier alpha value is -2.56. The Balaban J connectivity index is 1.68. The molecule has 1 fully saturated rings. The summed E-state index contributed by atoms with van der Waals surface area (Å²) >= 11 is 0. The third-order valence-corrected chi connectivity index (χ3v) is 3.62. The van der Waals surface area contributed by atoms with Crippen LogP contribution in [-0.4, -0.2) is 36.2 Å². The molecule has 1 amide bonds. The van der Waals surface area contributed by atoms with Gasteiger partial charge in [0, 0.05) is 0 Å². The van der Waals surface area contributed by atoms with E-state index in [1.54, 1.807) is 6.92 Å². The Bertz CT molecular complexity index is 713. The van der Waals surface area contributed by atoms with Gasteiger partial charge in [0.2, 0.25) is 5.91 Å². The van der Waals surface area contributed by atoms with Crippen molar-refractivity contribution in [2.24, 2.45) is 0 Å². The lowest BCUT2D eigenvalue weighted by atomic mass is 10.1. The minimum absolute atomic E-state index is 0.0646. The minimum Gasteiger partial charge on any atom is -0.470 e. The van der Waals surface area contributed by atoms with Gasteiger partial charge in [-0.1, -0.05) is 30.3 Å². The number of esters is 1. The predicted octanol–water partition coefficient (Wildman–Crippen LogP) is 2.34. The van der Waals surface area contributed by atoms with E-state index < -0.39 is 12.2 Å². The average molecular weight is 299 g/mol. The molecule has 0 aliphatic carbocycles. The van der Waals surface area contributed by atoms with Crippen LogP contribution < -0.4 is 4.74 Å². The maximum atomic E-state index is 11.6. The average Bonchev–Trinajstić information content (AvgIpc) is 2.52. The minimum atomic E-state index is -0.414. The number of ether oxygens (including phenoxy) is 2. The molecule has 0 radical (unpaired) electrons. The number of carbonyl (C=O) groups is 2. The molecule has 5 heteroatoms. The molecule has 2 aromatic rings. The number of likely N-dealkylation sites (tertiary alicyclic amines) is 1. The fourth-order valence-electron chi connectivity index (χ4n) is 2.46. The van der Waals surface area contributed by atoms with Crippen LogP contribution in [0.2, 0.25) is 0 Å². The van der Waals surface area contributed by atoms with Crippen molar-refractivity contribution in [2.75, 3.05) is 13.2 Å². The summed E-state index contributed by atoms with van der Waals surface area (Å²) < 4.78 is 10.7. The molecular weight excluding hydrogens is 282 g/mol. The largest absolute Gasteiger partial charge is 0.470 e. The van der Waals surface area contributed by atoms with Gasteiger partial charge in [0.1, 0.15) is 12.3 Å². The van der Waals surface area contributed by atoms with E-state index in [0.717, 1.165) is 10.8 Å². The highest BCUT2D eigenvalue weighted by molar-refractivity contribution is 5.87. The zero-order valence-electron chi connectivity index (χ0n) is 12.3. The van der Waals surface area contributed by atoms with Gasteiger partial charge in [0.15, 0.2) is 6.23 Å². The second kappa shape index (κ2) is 6.05. The number of rotatable bonds is 5. The topological polar surface area (TPSA) is 55.8 Å². The molecule has 1 unspecified atom stereocenters. The molecular formula is C17H17NO4. The molecule has 1 heterocycles. The van der Waals surface area contributed by atoms with Crippen molar-refractivity contribution in [1.29, 1.82) is 0 Å². The van der Waals surface area contributed by atoms with E-state index in [1.165, 1.54) is 4.90 Å². The van der Waals surface area contributed by atoms with E-state index in [4.69, 9.17) is 9.47 Å². The van der Waals surface area contributed by atoms with Gasteiger partial charge in [-0.2, -0.15) is 0 Å². The summed E-state index contributed by atoms with van der Waals surface area (Å²) in [5, 5.41) is 2.20. The van der Waals surface area contributed by atoms with E-state index in [1.807, 2.05) is 42.5 Å². The number of benzene rings is 2. The van der Waals surface area contributed by atoms with Gasteiger partial charge in [0.05, 0.1) is 13.0 Å². The quantitative estimate of drug-likeness (QED) is 0.628. The Kier molecular flexibility index (Phi) is 3.96. The Morgan fingerprint density at radius 1 is 1.23 bits per heavy atom. The van der Waals surface area contributed by atoms with Crippen LogP contribution in [0, 0.1) is 0 Å². The van der Waals surface area contributed by atoms with Gasteiger partial charge in [-0.3, -0.25) is 14.5 Å². The normalized spacial score (nSPS) is 17.2. The lowest BCUT2D eigenvalue weighted by Gasteiger charge is -2.39. The zero-order valence-corrected chi connectivity index (χ0v) is 12.3. The molecule has 22 heavy (non-hydrogen) atoms. The molecule has 0 saturated carbocycles. The molecule has 3 rings (SSSR count). The summed E-state index contributed by atoms with van der Waals surface area (Å²) in [7, 11) is 0. The second-order valence-corrected chi connectivity index (χ2v) is 5.11. The van der Waals surface area contributed by atoms with Gasteiger partial charge in [-0.15, -0.1) is 0 Å². The summed E-state index contributed by atoms with van der Waals surface area (Å²) in [4.78, 5) is 24.5. The van der Waals surface area contributed by atoms with Crippen molar-refractivity contribution in [1.82, 2.24) is 4.90 Å². The third-order valence-electron chi connectivity index (χ3n) is 3.62. The number of hydrogen-bond acceptors (Lipinski definition) is 4. The third kappa shape index (κ3) is 2.88. The smallest absolute Gasteiger partial charge is 0.325 e. The number of hydrogen-bond donors (Lipinski definition) is 0. The highest BCUT2D eigenvalue weighted by atomic mass is 16.5. The molecule has 2 aromatic carbocycles. The maximum Gasteiger partial charge on any atom is 0.325 e. The van der Waals surface area contributed by atoms with Crippen LogP contribution in [-0.2, 0) is 14.3 Å². The Morgan fingerprint density at radius 2 is 2.00 bits per heavy atom. The van der Waals surface area contributed by atoms with Gasteiger partial charge >= 0.3 is 5.97 Å². The Labute approximate surface area is 128 Å². The maximum absolute atomic E-state index is 11.6. The molecule has 0 spiro atoms. The first-order valence-corrected chi connectivity index (χ1v) is 7.28. The van der Waals surface area contributed by atoms with Crippen molar-refractivity contribution in [3.8, 4) is 5.75 Å². The summed E-state index contributed by atoms with van der Waals surface area (Å²) in [5.41, 5.74) is 0. The lowest BCUT2D eigenvalue weighted by Crippen LogP contribution is -2.57. The molecule has 1 saturated heterocycles. The highest BCUT2D eigenvalue weighted by Gasteiger charge is 2.39. The molecule has 1 aliphatic heterocycles. The molecule has 0 N–H and O–H groups in total. The number of nitrogens with zero attached hydrogens (tertiary/aromatic N) is 1. The summed E-state index contributed by atoms with van der Waals surface area (Å²) in [6, 6.07) is 13.7. The van der Waals surface area contributed by atoms with Crippen LogP contribution >= 0.6 is 0 Å². The van der Waals surface area contributed by atoms with E-state index >= 15 is 0 Å². The van der Waals surface area contributed by atoms with E-state index in [9.17, 15) is 9.59 Å². The van der Waals surface area contributed by atoms with Crippen molar-refractivity contribution in [2.45, 2.75) is 19.6 Å². The first-order valence-electron chi connectivity index (χ1n) is 7.28. The van der Waals surface area contributed by atoms with Gasteiger partial charge in [0.25, 0.3) is 0 Å². The second-order valence-electron chi connectivity index (χ2n) is 5.11. The van der Waals surface area contributed by atoms with Crippen molar-refractivity contribution in [3.05, 3.63) is 42.5 Å². The summed E-state index contributed by atoms with van der Waals surface area (Å²) in [6.45, 7) is 1.97. The number of amides is 1. The predicted molar refractivity (Wildman–Crippen MR) is 81.3 cm³/mol. The van der Waals surface area contributed by atoms with Crippen LogP contribution in [0.5, 0.6) is 5.75 Å². The summed E-state index contributed by atoms with van der Waals surface area (Å²) in [6.07, 6.45) is -0.121. The monoisotopic (exact) mass is 299 g/mol. The van der Waals surface area contributed by atoms with Crippen molar-refractivity contribution >= 4 is 22.6 Å². The van der Waals surface area contributed by atoms with Crippen LogP contribution in [0.4, 0.5) is 0 Å². The van der Waals surface area contributed by atoms with Gasteiger partial charge in [-0.05, 0) is 29.8 Å². The van der Waals surface area contributed by atoms with Crippen LogP contribution in [0.3, 0.4) is 0 Å². The number of β-lactam (4-membered cyclic amide) rings is 1. The van der Waals surface area contributed by atoms with Gasteiger partial charge < -0.3 is 9.47 Å². The van der Waals surface area contributed by atoms with E-state index in [2.05, 4.69) is 0 Å². The number of carbonyl (C=O) groups excluding carboxylic acids is 2. The molecule has 0 aromatic heterocycles. The number of fused-ring (bicyclic) bond motifs is 1. The zero-order chi connectivity index (χ0) is 15.5. The van der Waals surface area contributed by atoms with Crippen LogP contribution in [0.25, 0.3) is 10.8 Å². The Morgan fingerprint density at radius 3 is 2.73 bits per heavy atom. The highest BCUT2D eigenvalue weighted by Crippen LogP contribution is 2.26. The first-order chi connectivity index (χ1) is 10.7. The lowest BCUT2D eigenvalue weighted by molar-refractivity contribution is -0.169. The van der Waals surface area contributed by atoms with E-state index in [0.29, 0.717) is 12.4 Å². The summed E-state index contributed by atoms with van der Waals surface area (Å²) in [5.74, 6) is 0.173. The standard InChI is InChI=1S/C17H17NO4/c1-2-21-17(20)11-18-15(19)10-16(18)22-14-8-7-12-5-3-4-6-13(12)9-14/h3-9,16H,2,10-11H2,1H3. The SMILES string of the molecule is CCOC(=O)CN1C(=O)CC1Oc1ccc2ccccc2c1. The molecule has 5 nitrogen and oxygen atoms in total. The van der Waals surface area contributed by atoms with E-state index in [-0.39, 0.29) is 18.9 Å². The van der Waals surface area contributed by atoms with Crippen LogP contribution in [0.15, 0.2) is 42.5 Å². The molecule has 114 valence electrons. The first kappa shape index (κ1) is 14.4. The fraction of sp³-hybridized carbons (Fsp3) is 0.294. The molecule has 1 aliphatic rings. The van der Waals surface area contributed by atoms with Crippen molar-refractivity contribution in [3.63, 3.8) is 0 Å². The van der Waals surface area contributed by atoms with Crippen LogP contribution in [0.1, 0.15) is 13.3 Å². The molecule has 1 atom stereocenters. The molecule has 0 bridgehead atoms.